The first kappa shape index (κ1) is 12.9. The van der Waals surface area contributed by atoms with E-state index in [9.17, 15) is 10.0 Å². The summed E-state index contributed by atoms with van der Waals surface area (Å²) in [5.74, 6) is 0.795. The normalized spacial score (nSPS) is 10.9. The largest absolute Gasteiger partial charge is 0.489 e. The van der Waals surface area contributed by atoms with E-state index in [0.717, 1.165) is 29.8 Å². The van der Waals surface area contributed by atoms with E-state index in [1.54, 1.807) is 16.8 Å². The van der Waals surface area contributed by atoms with Gasteiger partial charge in [-0.15, -0.1) is 0 Å². The second kappa shape index (κ2) is 5.39. The summed E-state index contributed by atoms with van der Waals surface area (Å²) in [5, 5.41) is 30.2. The molecular weight excluding hydrogens is 231 g/mol. The van der Waals surface area contributed by atoms with Gasteiger partial charge in [0.2, 0.25) is 0 Å². The van der Waals surface area contributed by atoms with Crippen LogP contribution in [0.25, 0.3) is 10.9 Å². The third kappa shape index (κ3) is 2.33. The van der Waals surface area contributed by atoms with Crippen molar-refractivity contribution in [2.75, 3.05) is 25.5 Å². The summed E-state index contributed by atoms with van der Waals surface area (Å²) in [6.45, 7) is 1.55. The number of hydrogen-bond acceptors (Lipinski definition) is 5. The van der Waals surface area contributed by atoms with Gasteiger partial charge in [-0.3, -0.25) is 4.68 Å². The van der Waals surface area contributed by atoms with Crippen LogP contribution in [0.4, 0.5) is 5.82 Å². The predicted octanol–water partition coefficient (Wildman–Crippen LogP) is -1.12. The molecule has 0 fully saturated rings. The fraction of sp³-hybridized carbons (Fsp3) is 0.364. The molecule has 7 heteroatoms. The summed E-state index contributed by atoms with van der Waals surface area (Å²) < 4.78 is 1.71. The minimum Gasteiger partial charge on any atom is -0.423 e. The lowest BCUT2D eigenvalue weighted by molar-refractivity contribution is 0.426. The minimum absolute atomic E-state index is 0.465. The van der Waals surface area contributed by atoms with Gasteiger partial charge in [0.25, 0.3) is 0 Å². The zero-order chi connectivity index (χ0) is 13.1. The van der Waals surface area contributed by atoms with E-state index in [4.69, 9.17) is 0 Å². The molecule has 18 heavy (non-hydrogen) atoms. The second-order valence-corrected chi connectivity index (χ2v) is 4.12. The molecular formula is C11H17BN4O2. The zero-order valence-corrected chi connectivity index (χ0v) is 10.5. The Hall–Kier alpha value is -1.57. The van der Waals surface area contributed by atoms with Crippen molar-refractivity contribution in [1.82, 2.24) is 15.1 Å². The maximum absolute atomic E-state index is 9.41. The molecule has 4 N–H and O–H groups in total. The van der Waals surface area contributed by atoms with E-state index >= 15 is 0 Å². The lowest BCUT2D eigenvalue weighted by Gasteiger charge is -2.08. The third-order valence-electron chi connectivity index (χ3n) is 2.84. The monoisotopic (exact) mass is 248 g/mol. The van der Waals surface area contributed by atoms with Crippen LogP contribution in [0.3, 0.4) is 0 Å². The van der Waals surface area contributed by atoms with Crippen molar-refractivity contribution in [3.8, 4) is 0 Å². The predicted molar refractivity (Wildman–Crippen MR) is 73.0 cm³/mol. The Morgan fingerprint density at radius 3 is 2.78 bits per heavy atom. The first-order chi connectivity index (χ1) is 8.65. The Morgan fingerprint density at radius 1 is 1.33 bits per heavy atom. The van der Waals surface area contributed by atoms with Gasteiger partial charge in [-0.1, -0.05) is 12.1 Å². The number of anilines is 1. The highest BCUT2D eigenvalue weighted by Gasteiger charge is 2.19. The number of hydrogen-bond donors (Lipinski definition) is 4. The molecule has 0 spiro atoms. The van der Waals surface area contributed by atoms with Crippen molar-refractivity contribution < 1.29 is 10.0 Å². The molecule has 2 rings (SSSR count). The molecule has 96 valence electrons. The van der Waals surface area contributed by atoms with Gasteiger partial charge in [0.05, 0.1) is 5.52 Å². The molecule has 0 bridgehead atoms. The van der Waals surface area contributed by atoms with E-state index in [0.29, 0.717) is 5.46 Å². The van der Waals surface area contributed by atoms with Gasteiger partial charge in [0, 0.05) is 25.5 Å². The van der Waals surface area contributed by atoms with Crippen LogP contribution in [-0.2, 0) is 7.05 Å². The van der Waals surface area contributed by atoms with E-state index in [1.807, 2.05) is 20.2 Å². The first-order valence-electron chi connectivity index (χ1n) is 5.85. The maximum Gasteiger partial charge on any atom is 0.489 e. The van der Waals surface area contributed by atoms with Crippen LogP contribution in [0.5, 0.6) is 0 Å². The fourth-order valence-corrected chi connectivity index (χ4v) is 2.00. The van der Waals surface area contributed by atoms with Crippen LogP contribution >= 0.6 is 0 Å². The summed E-state index contributed by atoms with van der Waals surface area (Å²) in [6, 6.07) is 5.31. The molecule has 6 nitrogen and oxygen atoms in total. The van der Waals surface area contributed by atoms with Crippen molar-refractivity contribution >= 4 is 29.3 Å². The molecule has 0 aliphatic carbocycles. The quantitative estimate of drug-likeness (QED) is 0.398. The molecule has 0 aliphatic heterocycles. The van der Waals surface area contributed by atoms with E-state index in [1.165, 1.54) is 0 Å². The number of rotatable bonds is 5. The van der Waals surface area contributed by atoms with Crippen LogP contribution < -0.4 is 16.1 Å². The van der Waals surface area contributed by atoms with Crippen molar-refractivity contribution in [3.05, 3.63) is 18.2 Å². The fourth-order valence-electron chi connectivity index (χ4n) is 2.00. The summed E-state index contributed by atoms with van der Waals surface area (Å²) >= 11 is 0. The Kier molecular flexibility index (Phi) is 3.85. The van der Waals surface area contributed by atoms with Crippen LogP contribution in [0.2, 0.25) is 0 Å². The summed E-state index contributed by atoms with van der Waals surface area (Å²) in [7, 11) is 2.21. The molecule has 0 radical (unpaired) electrons. The van der Waals surface area contributed by atoms with Gasteiger partial charge in [-0.05, 0) is 18.6 Å². The molecule has 1 heterocycles. The van der Waals surface area contributed by atoms with Gasteiger partial charge in [0.15, 0.2) is 0 Å². The van der Waals surface area contributed by atoms with Crippen molar-refractivity contribution in [3.63, 3.8) is 0 Å². The number of nitrogens with zero attached hydrogens (tertiary/aromatic N) is 2. The van der Waals surface area contributed by atoms with Gasteiger partial charge < -0.3 is 20.7 Å². The lowest BCUT2D eigenvalue weighted by atomic mass is 9.78. The van der Waals surface area contributed by atoms with Crippen molar-refractivity contribution in [2.45, 2.75) is 0 Å². The SMILES string of the molecule is CNCCNc1c2c(B(O)O)cccc2nn1C. The number of aryl methyl sites for hydroxylation is 1. The van der Waals surface area contributed by atoms with E-state index < -0.39 is 7.12 Å². The van der Waals surface area contributed by atoms with Crippen LogP contribution in [-0.4, -0.2) is 47.1 Å². The van der Waals surface area contributed by atoms with Crippen LogP contribution in [0, 0.1) is 0 Å². The Bertz CT molecular complexity index is 541. The number of aromatic nitrogens is 2. The zero-order valence-electron chi connectivity index (χ0n) is 10.5. The van der Waals surface area contributed by atoms with Crippen molar-refractivity contribution in [2.24, 2.45) is 7.05 Å². The standard InChI is InChI=1S/C11H17BN4O2/c1-13-6-7-14-11-10-8(12(17)18)4-3-5-9(10)15-16(11)2/h3-5,13-14,17-18H,6-7H2,1-2H3. The molecule has 0 atom stereocenters. The highest BCUT2D eigenvalue weighted by molar-refractivity contribution is 6.62. The average Bonchev–Trinajstić information content (AvgIpc) is 2.65. The summed E-state index contributed by atoms with van der Waals surface area (Å²) in [4.78, 5) is 0. The lowest BCUT2D eigenvalue weighted by Crippen LogP contribution is -2.30. The molecule has 0 aliphatic rings. The summed E-state index contributed by atoms with van der Waals surface area (Å²) in [5.41, 5.74) is 1.21. The molecule has 0 unspecified atom stereocenters. The Labute approximate surface area is 106 Å². The molecule has 2 aromatic rings. The molecule has 0 saturated carbocycles. The van der Waals surface area contributed by atoms with Crippen molar-refractivity contribution in [1.29, 1.82) is 0 Å². The third-order valence-corrected chi connectivity index (χ3v) is 2.84. The highest BCUT2D eigenvalue weighted by atomic mass is 16.4. The maximum atomic E-state index is 9.41. The van der Waals surface area contributed by atoms with Gasteiger partial charge in [-0.25, -0.2) is 0 Å². The topological polar surface area (TPSA) is 82.3 Å². The average molecular weight is 248 g/mol. The second-order valence-electron chi connectivity index (χ2n) is 4.12. The molecule has 0 saturated heterocycles. The van der Waals surface area contributed by atoms with E-state index in [2.05, 4.69) is 15.7 Å². The van der Waals surface area contributed by atoms with Gasteiger partial charge in [0.1, 0.15) is 5.82 Å². The van der Waals surface area contributed by atoms with E-state index in [-0.39, 0.29) is 0 Å². The van der Waals surface area contributed by atoms with Crippen LogP contribution in [0.1, 0.15) is 0 Å². The molecule has 1 aromatic carbocycles. The molecule has 0 amide bonds. The number of nitrogens with one attached hydrogen (secondary N) is 2. The highest BCUT2D eigenvalue weighted by Crippen LogP contribution is 2.20. The van der Waals surface area contributed by atoms with Gasteiger partial charge in [-0.2, -0.15) is 5.10 Å². The Balaban J connectivity index is 2.46. The Morgan fingerprint density at radius 2 is 2.11 bits per heavy atom. The molecule has 1 aromatic heterocycles. The number of likely N-dealkylation sites (N-methyl/N-ethyl adjacent to an activating group) is 1. The summed E-state index contributed by atoms with van der Waals surface area (Å²) in [6.07, 6.45) is 0. The van der Waals surface area contributed by atoms with Gasteiger partial charge >= 0.3 is 7.12 Å². The number of benzene rings is 1. The minimum atomic E-state index is -1.50. The smallest absolute Gasteiger partial charge is 0.423 e. The van der Waals surface area contributed by atoms with Crippen LogP contribution in [0.15, 0.2) is 18.2 Å². The number of fused-ring (bicyclic) bond motifs is 1. The first-order valence-corrected chi connectivity index (χ1v) is 5.85.